The fourth-order valence-corrected chi connectivity index (χ4v) is 4.88. The molecule has 2 unspecified atom stereocenters. The second-order valence-electron chi connectivity index (χ2n) is 9.10. The summed E-state index contributed by atoms with van der Waals surface area (Å²) in [5, 5.41) is 23.1. The molecule has 1 aliphatic rings. The molecule has 1 aliphatic heterocycles. The van der Waals surface area contributed by atoms with E-state index in [0.29, 0.717) is 29.4 Å². The van der Waals surface area contributed by atoms with E-state index in [1.165, 1.54) is 12.3 Å². The number of nitriles is 1. The molecule has 0 saturated carbocycles. The molecule has 0 spiro atoms. The SMILES string of the molecule is COc1cc2c(cc1OC(C)c1c(C)cnnc1C)c(-c1cnc(F)c(C#N)c1)nn2C1CCCCO1. The molecule has 3 aromatic heterocycles. The van der Waals surface area contributed by atoms with Gasteiger partial charge in [0.15, 0.2) is 17.7 Å². The van der Waals surface area contributed by atoms with Gasteiger partial charge >= 0.3 is 0 Å². The first kappa shape index (κ1) is 24.6. The summed E-state index contributed by atoms with van der Waals surface area (Å²) in [6.45, 7) is 6.46. The van der Waals surface area contributed by atoms with Crippen LogP contribution in [-0.2, 0) is 4.74 Å². The summed E-state index contributed by atoms with van der Waals surface area (Å²) in [7, 11) is 1.59. The molecule has 0 aliphatic carbocycles. The Hall–Kier alpha value is -4.10. The predicted molar refractivity (Wildman–Crippen MR) is 134 cm³/mol. The van der Waals surface area contributed by atoms with Crippen LogP contribution in [0.4, 0.5) is 4.39 Å². The van der Waals surface area contributed by atoms with E-state index in [4.69, 9.17) is 19.3 Å². The average Bonchev–Trinajstić information content (AvgIpc) is 3.27. The van der Waals surface area contributed by atoms with Crippen molar-refractivity contribution in [3.63, 3.8) is 0 Å². The lowest BCUT2D eigenvalue weighted by Gasteiger charge is -2.24. The van der Waals surface area contributed by atoms with Gasteiger partial charge in [0.25, 0.3) is 0 Å². The summed E-state index contributed by atoms with van der Waals surface area (Å²) in [5.74, 6) is 0.232. The molecule has 0 radical (unpaired) electrons. The van der Waals surface area contributed by atoms with E-state index in [-0.39, 0.29) is 17.9 Å². The third-order valence-electron chi connectivity index (χ3n) is 6.64. The first-order valence-corrected chi connectivity index (χ1v) is 12.1. The number of aromatic nitrogens is 5. The van der Waals surface area contributed by atoms with E-state index in [1.807, 2.05) is 43.7 Å². The van der Waals surface area contributed by atoms with Gasteiger partial charge < -0.3 is 14.2 Å². The Kier molecular flexibility index (Phi) is 6.72. The smallest absolute Gasteiger partial charge is 0.230 e. The van der Waals surface area contributed by atoms with Crippen molar-refractivity contribution in [1.29, 1.82) is 5.26 Å². The van der Waals surface area contributed by atoms with Gasteiger partial charge in [-0.1, -0.05) is 0 Å². The zero-order chi connectivity index (χ0) is 26.1. The Morgan fingerprint density at radius 3 is 2.73 bits per heavy atom. The number of fused-ring (bicyclic) bond motifs is 1. The van der Waals surface area contributed by atoms with Gasteiger partial charge in [-0.05, 0) is 57.7 Å². The summed E-state index contributed by atoms with van der Waals surface area (Å²) in [4.78, 5) is 3.78. The zero-order valence-corrected chi connectivity index (χ0v) is 21.2. The first-order valence-electron chi connectivity index (χ1n) is 12.1. The molecular weight excluding hydrogens is 475 g/mol. The number of methoxy groups -OCH3 is 1. The summed E-state index contributed by atoms with van der Waals surface area (Å²) >= 11 is 0. The minimum absolute atomic E-state index is 0.149. The number of halogens is 1. The second kappa shape index (κ2) is 10.1. The fraction of sp³-hybridized carbons (Fsp3) is 0.370. The van der Waals surface area contributed by atoms with E-state index in [1.54, 1.807) is 13.3 Å². The summed E-state index contributed by atoms with van der Waals surface area (Å²) in [6.07, 6.45) is 5.34. The molecule has 1 fully saturated rings. The van der Waals surface area contributed by atoms with Crippen molar-refractivity contribution >= 4 is 10.9 Å². The highest BCUT2D eigenvalue weighted by atomic mass is 19.1. The highest BCUT2D eigenvalue weighted by Gasteiger charge is 2.25. The molecule has 4 aromatic rings. The molecule has 190 valence electrons. The molecular formula is C27H27FN6O3. The van der Waals surface area contributed by atoms with E-state index in [2.05, 4.69) is 15.2 Å². The van der Waals surface area contributed by atoms with Crippen LogP contribution in [0.3, 0.4) is 0 Å². The van der Waals surface area contributed by atoms with Crippen molar-refractivity contribution in [2.45, 2.75) is 52.4 Å². The van der Waals surface area contributed by atoms with Gasteiger partial charge in [-0.15, -0.1) is 0 Å². The van der Waals surface area contributed by atoms with Crippen molar-refractivity contribution in [3.8, 4) is 28.8 Å². The van der Waals surface area contributed by atoms with Gasteiger partial charge in [0.05, 0.1) is 24.5 Å². The summed E-state index contributed by atoms with van der Waals surface area (Å²) in [5.41, 5.74) is 4.41. The van der Waals surface area contributed by atoms with Crippen molar-refractivity contribution in [2.24, 2.45) is 0 Å². The van der Waals surface area contributed by atoms with Crippen LogP contribution in [0.5, 0.6) is 11.5 Å². The third kappa shape index (κ3) is 4.58. The molecule has 1 aromatic carbocycles. The molecule has 0 N–H and O–H groups in total. The Balaban J connectivity index is 1.67. The number of aryl methyl sites for hydroxylation is 2. The zero-order valence-electron chi connectivity index (χ0n) is 21.2. The Morgan fingerprint density at radius 2 is 2.03 bits per heavy atom. The maximum absolute atomic E-state index is 14.0. The van der Waals surface area contributed by atoms with Gasteiger partial charge in [0.2, 0.25) is 5.95 Å². The summed E-state index contributed by atoms with van der Waals surface area (Å²) in [6, 6.07) is 7.05. The maximum atomic E-state index is 14.0. The molecule has 37 heavy (non-hydrogen) atoms. The van der Waals surface area contributed by atoms with Crippen molar-refractivity contribution in [2.75, 3.05) is 13.7 Å². The minimum atomic E-state index is -0.818. The van der Waals surface area contributed by atoms with E-state index in [0.717, 1.165) is 47.0 Å². The average molecular weight is 503 g/mol. The van der Waals surface area contributed by atoms with Crippen LogP contribution in [0, 0.1) is 31.1 Å². The molecule has 9 nitrogen and oxygen atoms in total. The highest BCUT2D eigenvalue weighted by molar-refractivity contribution is 5.95. The van der Waals surface area contributed by atoms with E-state index >= 15 is 0 Å². The standard InChI is InChI=1S/C27H27FN6O3/c1-15-13-31-32-16(2)25(15)17(3)37-23-10-20-21(11-22(23)35-4)34(24-7-5-6-8-36-24)33-26(20)19-9-18(12-29)27(28)30-14-19/h9-11,13-14,17,24H,5-8H2,1-4H3. The van der Waals surface area contributed by atoms with Gasteiger partial charge in [0, 0.05) is 35.4 Å². The molecule has 2 atom stereocenters. The largest absolute Gasteiger partial charge is 0.493 e. The second-order valence-corrected chi connectivity index (χ2v) is 9.10. The number of pyridine rings is 1. The van der Waals surface area contributed by atoms with Crippen LogP contribution >= 0.6 is 0 Å². The third-order valence-corrected chi connectivity index (χ3v) is 6.64. The maximum Gasteiger partial charge on any atom is 0.230 e. The van der Waals surface area contributed by atoms with Crippen LogP contribution in [-0.4, -0.2) is 38.7 Å². The molecule has 4 heterocycles. The molecule has 0 bridgehead atoms. The van der Waals surface area contributed by atoms with Crippen LogP contribution in [0.2, 0.25) is 0 Å². The monoisotopic (exact) mass is 502 g/mol. The number of hydrogen-bond acceptors (Lipinski definition) is 8. The number of nitrogens with zero attached hydrogens (tertiary/aromatic N) is 6. The fourth-order valence-electron chi connectivity index (χ4n) is 4.88. The quantitative estimate of drug-likeness (QED) is 0.324. The van der Waals surface area contributed by atoms with Gasteiger partial charge in [-0.2, -0.15) is 24.9 Å². The van der Waals surface area contributed by atoms with Crippen LogP contribution < -0.4 is 9.47 Å². The number of ether oxygens (including phenoxy) is 3. The van der Waals surface area contributed by atoms with Crippen molar-refractivity contribution in [3.05, 3.63) is 58.9 Å². The van der Waals surface area contributed by atoms with Crippen LogP contribution in [0.1, 0.15) is 60.9 Å². The molecule has 1 saturated heterocycles. The topological polar surface area (TPSA) is 108 Å². The number of rotatable bonds is 6. The van der Waals surface area contributed by atoms with E-state index in [9.17, 15) is 9.65 Å². The van der Waals surface area contributed by atoms with Crippen LogP contribution in [0.15, 0.2) is 30.6 Å². The van der Waals surface area contributed by atoms with Crippen molar-refractivity contribution in [1.82, 2.24) is 25.0 Å². The van der Waals surface area contributed by atoms with Crippen molar-refractivity contribution < 1.29 is 18.6 Å². The normalized spacial score (nSPS) is 16.4. The highest BCUT2D eigenvalue weighted by Crippen LogP contribution is 2.41. The lowest BCUT2D eigenvalue weighted by molar-refractivity contribution is -0.0365. The predicted octanol–water partition coefficient (Wildman–Crippen LogP) is 5.36. The lowest BCUT2D eigenvalue weighted by atomic mass is 10.0. The number of hydrogen-bond donors (Lipinski definition) is 0. The first-order chi connectivity index (χ1) is 17.9. The molecule has 10 heteroatoms. The molecule has 0 amide bonds. The Labute approximate surface area is 213 Å². The van der Waals surface area contributed by atoms with Crippen LogP contribution in [0.25, 0.3) is 22.2 Å². The van der Waals surface area contributed by atoms with Gasteiger partial charge in [-0.3, -0.25) is 0 Å². The lowest BCUT2D eigenvalue weighted by Crippen LogP contribution is -2.19. The van der Waals surface area contributed by atoms with Gasteiger partial charge in [0.1, 0.15) is 23.4 Å². The number of benzene rings is 1. The minimum Gasteiger partial charge on any atom is -0.493 e. The van der Waals surface area contributed by atoms with E-state index < -0.39 is 5.95 Å². The molecule has 5 rings (SSSR count). The summed E-state index contributed by atoms with van der Waals surface area (Å²) < 4.78 is 34.0. The Morgan fingerprint density at radius 1 is 1.19 bits per heavy atom. The van der Waals surface area contributed by atoms with Gasteiger partial charge in [-0.25, -0.2) is 9.67 Å². The Bertz CT molecular complexity index is 1490.